The van der Waals surface area contributed by atoms with Gasteiger partial charge in [0.25, 0.3) is 0 Å². The summed E-state index contributed by atoms with van der Waals surface area (Å²) in [5.74, 6) is 0. The fourth-order valence-corrected chi connectivity index (χ4v) is 2.83. The molecule has 0 fully saturated rings. The molecule has 7 nitrogen and oxygen atoms in total. The predicted octanol–water partition coefficient (Wildman–Crippen LogP) is -8.49. The van der Waals surface area contributed by atoms with Crippen LogP contribution in [0.4, 0.5) is 0 Å². The number of rotatable bonds is 2. The summed E-state index contributed by atoms with van der Waals surface area (Å²) in [6.07, 6.45) is 0. The minimum absolute atomic E-state index is 0. The van der Waals surface area contributed by atoms with Crippen LogP contribution < -0.4 is 113 Å². The molecule has 0 aliphatic carbocycles. The summed E-state index contributed by atoms with van der Waals surface area (Å²) < 4.78 is 38.8. The van der Waals surface area contributed by atoms with E-state index in [1.165, 1.54) is 0 Å². The molecule has 0 heterocycles. The molecule has 11 heavy (non-hydrogen) atoms. The smallest absolute Gasteiger partial charge is 1.00 e. The Morgan fingerprint density at radius 1 is 1.27 bits per heavy atom. The predicted molar refractivity (Wildman–Crippen MR) is 12.3 cm³/mol. The van der Waals surface area contributed by atoms with Crippen LogP contribution in [0.3, 0.4) is 0 Å². The van der Waals surface area contributed by atoms with Crippen LogP contribution in [0, 0.1) is 0 Å². The summed E-state index contributed by atoms with van der Waals surface area (Å²) in [5, 5.41) is 0. The molecule has 0 amide bonds. The molecular weight excluding hydrogens is 405 g/mol. The van der Waals surface area contributed by atoms with Gasteiger partial charge in [-0.05, 0) is 0 Å². The van der Waals surface area contributed by atoms with E-state index in [1.54, 1.807) is 0 Å². The molecule has 0 atom stereocenters. The number of hydrogen-bond donors (Lipinski definition) is 1. The zero-order valence-corrected chi connectivity index (χ0v) is 15.8. The van der Waals surface area contributed by atoms with Gasteiger partial charge in [0.05, 0.1) is 0 Å². The second kappa shape index (κ2) is 7.86. The third-order valence-electron chi connectivity index (χ3n) is 0.185. The van der Waals surface area contributed by atoms with Crippen molar-refractivity contribution in [2.24, 2.45) is 0 Å². The Morgan fingerprint density at radius 2 is 1.55 bits per heavy atom. The summed E-state index contributed by atoms with van der Waals surface area (Å²) >= 11 is -6.32. The third-order valence-corrected chi connectivity index (χ3v) is 4.55. The van der Waals surface area contributed by atoms with Gasteiger partial charge in [-0.15, -0.1) is 0 Å². The van der Waals surface area contributed by atoms with Crippen LogP contribution in [0.25, 0.3) is 0 Å². The molecule has 0 aliphatic rings. The first kappa shape index (κ1) is 20.1. The molecule has 0 bridgehead atoms. The largest absolute Gasteiger partial charge is 1.00 e. The average Bonchev–Trinajstić information content (AvgIpc) is 1.14. The molecule has 0 radical (unpaired) electrons. The quantitative estimate of drug-likeness (QED) is 0.357. The van der Waals surface area contributed by atoms with Crippen LogP contribution in [-0.2, 0) is 31.3 Å². The van der Waals surface area contributed by atoms with Crippen LogP contribution >= 0.6 is 7.82 Å². The monoisotopic (exact) mass is 406 g/mol. The van der Waals surface area contributed by atoms with E-state index >= 15 is 0 Å². The normalized spacial score (nSPS) is 11.2. The molecule has 0 saturated heterocycles. The maximum absolute atomic E-state index is 9.53. The van der Waals surface area contributed by atoms with E-state index < -0.39 is 24.6 Å². The number of hydrogen-bond acceptors (Lipinski definition) is 6. The van der Waals surface area contributed by atoms with Gasteiger partial charge in [-0.3, -0.25) is 0 Å². The fraction of sp³-hybridized carbons (Fsp3) is 0. The summed E-state index contributed by atoms with van der Waals surface area (Å²) in [7, 11) is -5.57. The standard InChI is InChI=1S/2K.H3O4P.H2O.2O.W/c;;1-5(2,3)4;;;;/h;;(H3,1,2,3,4);1H2;;;/q2*+1;;;;;+2/p-4. The zero-order valence-electron chi connectivity index (χ0n) is 5.75. The Labute approximate surface area is 151 Å². The van der Waals surface area contributed by atoms with Gasteiger partial charge in [-0.25, -0.2) is 0 Å². The molecule has 0 aromatic carbocycles. The van der Waals surface area contributed by atoms with Gasteiger partial charge < -0.3 is 0 Å². The zero-order chi connectivity index (χ0) is 7.71. The van der Waals surface area contributed by atoms with E-state index in [0.717, 1.165) is 0 Å². The van der Waals surface area contributed by atoms with Crippen LogP contribution in [0.5, 0.6) is 0 Å². The van der Waals surface area contributed by atoms with Crippen molar-refractivity contribution in [3.05, 3.63) is 0 Å². The molecule has 0 unspecified atom stereocenters. The maximum Gasteiger partial charge on any atom is 1.00 e. The fourth-order valence-electron chi connectivity index (χ4n) is 0.115. The summed E-state index contributed by atoms with van der Waals surface area (Å²) in [6, 6.07) is 0. The SMILES string of the molecule is O=P([O-])([O-])[O][W](=[O])(=[O])[OH].[K+].[K+]. The van der Waals surface area contributed by atoms with E-state index in [2.05, 4.69) is 3.18 Å². The van der Waals surface area contributed by atoms with Crippen LogP contribution in [-0.4, -0.2) is 3.76 Å². The van der Waals surface area contributed by atoms with E-state index in [-0.39, 0.29) is 103 Å². The van der Waals surface area contributed by atoms with Crippen molar-refractivity contribution in [2.75, 3.05) is 0 Å². The summed E-state index contributed by atoms with van der Waals surface area (Å²) in [5.41, 5.74) is 0. The summed E-state index contributed by atoms with van der Waals surface area (Å²) in [6.45, 7) is 0. The van der Waals surface area contributed by atoms with Crippen molar-refractivity contribution in [2.45, 2.75) is 0 Å². The van der Waals surface area contributed by atoms with Crippen molar-refractivity contribution in [1.29, 1.82) is 0 Å². The minimum atomic E-state index is -6.32. The van der Waals surface area contributed by atoms with E-state index in [0.29, 0.717) is 0 Å². The molecule has 0 aromatic rings. The first-order valence-electron chi connectivity index (χ1n) is 1.41. The molecule has 0 aromatic heterocycles. The Hall–Kier alpha value is 3.63. The van der Waals surface area contributed by atoms with Gasteiger partial charge in [0.2, 0.25) is 0 Å². The Balaban J connectivity index is -0.000000320. The van der Waals surface area contributed by atoms with Crippen molar-refractivity contribution in [3.8, 4) is 0 Å². The van der Waals surface area contributed by atoms with Gasteiger partial charge in [0.15, 0.2) is 0 Å². The Kier molecular flexibility index (Phi) is 14.4. The summed E-state index contributed by atoms with van der Waals surface area (Å²) in [4.78, 5) is 18.8. The van der Waals surface area contributed by atoms with Crippen LogP contribution in [0.15, 0.2) is 0 Å². The van der Waals surface area contributed by atoms with Crippen molar-refractivity contribution in [3.63, 3.8) is 0 Å². The molecule has 0 aliphatic heterocycles. The van der Waals surface area contributed by atoms with Gasteiger partial charge in [-0.2, -0.15) is 0 Å². The second-order valence-corrected chi connectivity index (χ2v) is 6.67. The van der Waals surface area contributed by atoms with Crippen molar-refractivity contribution in [1.82, 2.24) is 0 Å². The second-order valence-electron chi connectivity index (χ2n) is 0.949. The first-order valence-corrected chi connectivity index (χ1v) is 7.78. The number of phosphoric acid groups is 1. The van der Waals surface area contributed by atoms with Crippen LogP contribution in [0.1, 0.15) is 0 Å². The molecule has 0 rings (SSSR count). The van der Waals surface area contributed by atoms with E-state index in [4.69, 9.17) is 3.76 Å². The molecule has 0 spiro atoms. The van der Waals surface area contributed by atoms with Gasteiger partial charge >= 0.3 is 155 Å². The molecule has 1 N–H and O–H groups in total. The van der Waals surface area contributed by atoms with Crippen molar-refractivity contribution < 1.29 is 148 Å². The third kappa shape index (κ3) is 19.9. The van der Waals surface area contributed by atoms with Gasteiger partial charge in [0.1, 0.15) is 0 Å². The Morgan fingerprint density at radius 3 is 1.55 bits per heavy atom. The van der Waals surface area contributed by atoms with E-state index in [9.17, 15) is 21.1 Å². The Bertz CT molecular complexity index is 223. The topological polar surface area (TPSA) is 127 Å². The average molecular weight is 406 g/mol. The van der Waals surface area contributed by atoms with Gasteiger partial charge in [-0.1, -0.05) is 0 Å². The van der Waals surface area contributed by atoms with Gasteiger partial charge in [0, 0.05) is 0 Å². The van der Waals surface area contributed by atoms with Crippen LogP contribution in [0.2, 0.25) is 0 Å². The van der Waals surface area contributed by atoms with Crippen molar-refractivity contribution >= 4 is 7.82 Å². The molecular formula is HK2O7PW. The maximum atomic E-state index is 9.53. The molecule has 0 saturated carbocycles. The minimum Gasteiger partial charge on any atom is 1.00 e. The molecule has 56 valence electrons. The van der Waals surface area contributed by atoms with E-state index in [1.807, 2.05) is 0 Å². The first-order chi connectivity index (χ1) is 3.71. The molecule has 11 heteroatoms.